The number of Topliss-reactive ketones (excluding diaryl/α,β-unsaturated/α-hetero) is 1. The molecule has 5 heteroatoms. The van der Waals surface area contributed by atoms with Crippen LogP contribution in [0.2, 0.25) is 0 Å². The van der Waals surface area contributed by atoms with Crippen LogP contribution in [0.3, 0.4) is 0 Å². The predicted octanol–water partition coefficient (Wildman–Crippen LogP) is 1.63. The summed E-state index contributed by atoms with van der Waals surface area (Å²) in [4.78, 5) is 16.2. The minimum absolute atomic E-state index is 0. The third-order valence-corrected chi connectivity index (χ3v) is 3.18. The number of rotatable bonds is 2. The molecule has 90 valence electrons. The van der Waals surface area contributed by atoms with Gasteiger partial charge in [0, 0.05) is 12.1 Å². The highest BCUT2D eigenvalue weighted by Crippen LogP contribution is 2.21. The van der Waals surface area contributed by atoms with Crippen molar-refractivity contribution in [3.05, 3.63) is 24.4 Å². The zero-order chi connectivity index (χ0) is 10.8. The van der Waals surface area contributed by atoms with Crippen molar-refractivity contribution in [3.8, 4) is 0 Å². The van der Waals surface area contributed by atoms with Crippen LogP contribution in [0.4, 0.5) is 0 Å². The smallest absolute Gasteiger partial charge is 0.176 e. The van der Waals surface area contributed by atoms with Gasteiger partial charge >= 0.3 is 0 Å². The van der Waals surface area contributed by atoms with Crippen LogP contribution >= 0.6 is 24.0 Å². The first-order valence-electron chi connectivity index (χ1n) is 5.14. The number of carbonyl (C=O) groups excluding carboxylic acids is 1. The van der Waals surface area contributed by atoms with Gasteiger partial charge in [-0.15, -0.1) is 24.0 Å². The Morgan fingerprint density at radius 1 is 1.50 bits per heavy atom. The highest BCUT2D eigenvalue weighted by atomic mass is 35.5. The lowest BCUT2D eigenvalue weighted by Crippen LogP contribution is -2.58. The first-order chi connectivity index (χ1) is 7.24. The standard InChI is InChI=1S/C11H15ClN2O.ClH/c1-13-8-14-7-3-2-4-10(14)11(15)9(13)5-6-12;/h2-4,7,9-10H,5-6,8H2,1H3;1H. The van der Waals surface area contributed by atoms with Crippen molar-refractivity contribution in [2.75, 3.05) is 19.6 Å². The van der Waals surface area contributed by atoms with E-state index in [1.54, 1.807) is 0 Å². The Morgan fingerprint density at radius 3 is 2.94 bits per heavy atom. The summed E-state index contributed by atoms with van der Waals surface area (Å²) < 4.78 is 0. The number of hydrogen-bond donors (Lipinski definition) is 0. The maximum absolute atomic E-state index is 12.1. The lowest BCUT2D eigenvalue weighted by molar-refractivity contribution is -0.133. The number of alkyl halides is 1. The molecular weight excluding hydrogens is 247 g/mol. The number of allylic oxidation sites excluding steroid dienone is 2. The lowest BCUT2D eigenvalue weighted by atomic mass is 9.96. The molecule has 0 saturated carbocycles. The van der Waals surface area contributed by atoms with E-state index in [1.807, 2.05) is 36.4 Å². The zero-order valence-electron chi connectivity index (χ0n) is 9.17. The van der Waals surface area contributed by atoms with Crippen LogP contribution in [0.1, 0.15) is 6.42 Å². The Hall–Kier alpha value is -0.510. The fourth-order valence-electron chi connectivity index (χ4n) is 2.16. The van der Waals surface area contributed by atoms with E-state index < -0.39 is 0 Å². The molecule has 2 aliphatic rings. The summed E-state index contributed by atoms with van der Waals surface area (Å²) in [5.41, 5.74) is 0. The van der Waals surface area contributed by atoms with Crippen LogP contribution in [0.25, 0.3) is 0 Å². The summed E-state index contributed by atoms with van der Waals surface area (Å²) in [5.74, 6) is 0.789. The van der Waals surface area contributed by atoms with Crippen molar-refractivity contribution < 1.29 is 4.79 Å². The Balaban J connectivity index is 0.00000128. The van der Waals surface area contributed by atoms with E-state index in [-0.39, 0.29) is 30.3 Å². The molecule has 2 rings (SSSR count). The summed E-state index contributed by atoms with van der Waals surface area (Å²) >= 11 is 5.72. The molecule has 0 amide bonds. The van der Waals surface area contributed by atoms with E-state index in [1.165, 1.54) is 0 Å². The predicted molar refractivity (Wildman–Crippen MR) is 67.9 cm³/mol. The molecule has 0 aliphatic carbocycles. The van der Waals surface area contributed by atoms with Crippen molar-refractivity contribution in [2.45, 2.75) is 18.5 Å². The molecule has 16 heavy (non-hydrogen) atoms. The van der Waals surface area contributed by atoms with E-state index in [0.717, 1.165) is 13.1 Å². The van der Waals surface area contributed by atoms with Crippen molar-refractivity contribution in [3.63, 3.8) is 0 Å². The first kappa shape index (κ1) is 13.6. The molecule has 2 heterocycles. The van der Waals surface area contributed by atoms with Gasteiger partial charge in [-0.2, -0.15) is 0 Å². The largest absolute Gasteiger partial charge is 0.351 e. The van der Waals surface area contributed by atoms with Crippen molar-refractivity contribution >= 4 is 29.8 Å². The molecule has 2 aliphatic heterocycles. The van der Waals surface area contributed by atoms with Crippen LogP contribution in [0.5, 0.6) is 0 Å². The van der Waals surface area contributed by atoms with Gasteiger partial charge < -0.3 is 4.90 Å². The van der Waals surface area contributed by atoms with E-state index in [0.29, 0.717) is 5.88 Å². The minimum Gasteiger partial charge on any atom is -0.351 e. The summed E-state index contributed by atoms with van der Waals surface area (Å²) in [6.07, 6.45) is 8.55. The molecule has 3 nitrogen and oxygen atoms in total. The van der Waals surface area contributed by atoms with Gasteiger partial charge in [0.2, 0.25) is 0 Å². The molecular formula is C11H16Cl2N2O. The fourth-order valence-corrected chi connectivity index (χ4v) is 2.37. The third kappa shape index (κ3) is 2.42. The SMILES string of the molecule is CN1CN2C=CC=CC2C(=O)C1CCCl.Cl. The maximum atomic E-state index is 12.1. The van der Waals surface area contributed by atoms with Crippen LogP contribution < -0.4 is 0 Å². The van der Waals surface area contributed by atoms with Gasteiger partial charge in [0.05, 0.1) is 12.7 Å². The number of nitrogens with zero attached hydrogens (tertiary/aromatic N) is 2. The number of ketones is 1. The van der Waals surface area contributed by atoms with Gasteiger partial charge in [0.15, 0.2) is 5.78 Å². The van der Waals surface area contributed by atoms with Crippen LogP contribution in [-0.4, -0.2) is 47.3 Å². The highest BCUT2D eigenvalue weighted by molar-refractivity contribution is 6.18. The molecule has 0 N–H and O–H groups in total. The Bertz CT molecular complexity index is 317. The molecule has 2 atom stereocenters. The second kappa shape index (κ2) is 5.71. The Labute approximate surface area is 107 Å². The van der Waals surface area contributed by atoms with Crippen LogP contribution in [0, 0.1) is 0 Å². The quantitative estimate of drug-likeness (QED) is 0.707. The van der Waals surface area contributed by atoms with Gasteiger partial charge in [-0.3, -0.25) is 9.69 Å². The topological polar surface area (TPSA) is 23.6 Å². The molecule has 0 aromatic rings. The second-order valence-electron chi connectivity index (χ2n) is 3.98. The number of halogens is 2. The van der Waals surface area contributed by atoms with Crippen molar-refractivity contribution in [1.82, 2.24) is 9.80 Å². The molecule has 2 unspecified atom stereocenters. The van der Waals surface area contributed by atoms with Gasteiger partial charge in [0.1, 0.15) is 6.04 Å². The van der Waals surface area contributed by atoms with Crippen molar-refractivity contribution in [1.29, 1.82) is 0 Å². The summed E-state index contributed by atoms with van der Waals surface area (Å²) in [7, 11) is 1.97. The van der Waals surface area contributed by atoms with E-state index in [9.17, 15) is 4.79 Å². The summed E-state index contributed by atoms with van der Waals surface area (Å²) in [6, 6.07) is -0.112. The second-order valence-corrected chi connectivity index (χ2v) is 4.36. The first-order valence-corrected chi connectivity index (χ1v) is 5.68. The van der Waals surface area contributed by atoms with Crippen LogP contribution in [-0.2, 0) is 4.79 Å². The van der Waals surface area contributed by atoms with Gasteiger partial charge in [-0.1, -0.05) is 12.2 Å². The number of carbonyl (C=O) groups is 1. The zero-order valence-corrected chi connectivity index (χ0v) is 10.7. The van der Waals surface area contributed by atoms with E-state index >= 15 is 0 Å². The van der Waals surface area contributed by atoms with E-state index in [2.05, 4.69) is 4.90 Å². The minimum atomic E-state index is -0.0839. The van der Waals surface area contributed by atoms with E-state index in [4.69, 9.17) is 11.6 Å². The maximum Gasteiger partial charge on any atom is 0.176 e. The monoisotopic (exact) mass is 262 g/mol. The molecule has 0 aromatic heterocycles. The van der Waals surface area contributed by atoms with Gasteiger partial charge in [-0.05, 0) is 19.5 Å². The number of likely N-dealkylation sites (N-methyl/N-ethyl adjacent to an activating group) is 1. The third-order valence-electron chi connectivity index (χ3n) is 2.96. The lowest BCUT2D eigenvalue weighted by Gasteiger charge is -2.43. The summed E-state index contributed by atoms with van der Waals surface area (Å²) in [6.45, 7) is 0.790. The van der Waals surface area contributed by atoms with Gasteiger partial charge in [-0.25, -0.2) is 0 Å². The molecule has 0 spiro atoms. The fraction of sp³-hybridized carbons (Fsp3) is 0.545. The highest BCUT2D eigenvalue weighted by Gasteiger charge is 2.36. The summed E-state index contributed by atoms with van der Waals surface area (Å²) in [5, 5.41) is 0. The molecule has 0 aromatic carbocycles. The Morgan fingerprint density at radius 2 is 2.25 bits per heavy atom. The Kier molecular flexibility index (Phi) is 4.84. The molecule has 0 bridgehead atoms. The molecule has 0 radical (unpaired) electrons. The molecule has 1 saturated heterocycles. The van der Waals surface area contributed by atoms with Crippen LogP contribution in [0.15, 0.2) is 24.4 Å². The normalized spacial score (nSPS) is 28.9. The average molecular weight is 263 g/mol. The van der Waals surface area contributed by atoms with Gasteiger partial charge in [0.25, 0.3) is 0 Å². The average Bonchev–Trinajstić information content (AvgIpc) is 2.24. The number of fused-ring (bicyclic) bond motifs is 1. The van der Waals surface area contributed by atoms with Crippen molar-refractivity contribution in [2.24, 2.45) is 0 Å². The molecule has 1 fully saturated rings. The number of hydrogen-bond acceptors (Lipinski definition) is 3.